The number of aliphatic carboxylic acids is 1. The molecule has 1 unspecified atom stereocenters. The van der Waals surface area contributed by atoms with Crippen LogP contribution in [-0.2, 0) is 4.79 Å². The number of nitrogens with zero attached hydrogens (tertiary/aromatic N) is 1. The van der Waals surface area contributed by atoms with Gasteiger partial charge in [-0.1, -0.05) is 37.0 Å². The van der Waals surface area contributed by atoms with Gasteiger partial charge in [0.05, 0.1) is 5.02 Å². The van der Waals surface area contributed by atoms with Crippen LogP contribution in [0.15, 0.2) is 18.2 Å². The first-order chi connectivity index (χ1) is 8.49. The minimum absolute atomic E-state index is 0.293. The number of ether oxygens (including phenoxy) is 1. The number of carboxylic acids is 1. The predicted molar refractivity (Wildman–Crippen MR) is 71.4 cm³/mol. The average molecular weight is 292 g/mol. The van der Waals surface area contributed by atoms with Gasteiger partial charge in [-0.25, -0.2) is 4.79 Å². The molecule has 1 aromatic carbocycles. The van der Waals surface area contributed by atoms with Crippen molar-refractivity contribution < 1.29 is 14.6 Å². The Morgan fingerprint density at radius 2 is 2.00 bits per heavy atom. The Morgan fingerprint density at radius 1 is 1.39 bits per heavy atom. The molecule has 0 amide bonds. The number of hydrogen-bond donors (Lipinski definition) is 1. The summed E-state index contributed by atoms with van der Waals surface area (Å²) < 4.78 is 5.44. The highest BCUT2D eigenvalue weighted by atomic mass is 35.5. The van der Waals surface area contributed by atoms with E-state index in [1.165, 1.54) is 6.07 Å². The molecule has 0 spiro atoms. The third-order valence-corrected chi connectivity index (χ3v) is 3.02. The molecule has 4 nitrogen and oxygen atoms in total. The van der Waals surface area contributed by atoms with Crippen molar-refractivity contribution in [2.24, 2.45) is 0 Å². The van der Waals surface area contributed by atoms with Crippen molar-refractivity contribution >= 4 is 29.2 Å². The van der Waals surface area contributed by atoms with Gasteiger partial charge in [0.15, 0.2) is 0 Å². The minimum Gasteiger partial charge on any atom is -0.477 e. The zero-order valence-electron chi connectivity index (χ0n) is 10.2. The van der Waals surface area contributed by atoms with Crippen molar-refractivity contribution in [3.63, 3.8) is 0 Å². The summed E-state index contributed by atoms with van der Waals surface area (Å²) in [6.45, 7) is 4.87. The Balaban J connectivity index is 2.93. The Hall–Kier alpha value is -0.970. The smallest absolute Gasteiger partial charge is 0.360 e. The fraction of sp³-hybridized carbons (Fsp3) is 0.417. The topological polar surface area (TPSA) is 49.8 Å². The van der Waals surface area contributed by atoms with Gasteiger partial charge in [0, 0.05) is 5.02 Å². The molecule has 0 heterocycles. The number of benzene rings is 1. The van der Waals surface area contributed by atoms with Gasteiger partial charge in [-0.05, 0) is 31.3 Å². The molecule has 0 aliphatic carbocycles. The van der Waals surface area contributed by atoms with Crippen LogP contribution < -0.4 is 4.74 Å². The molecule has 0 aromatic heterocycles. The summed E-state index contributed by atoms with van der Waals surface area (Å²) in [5.41, 5.74) is 0. The molecule has 0 bridgehead atoms. The molecule has 0 saturated heterocycles. The lowest BCUT2D eigenvalue weighted by atomic mass is 10.3. The van der Waals surface area contributed by atoms with Gasteiger partial charge in [0.2, 0.25) is 0 Å². The summed E-state index contributed by atoms with van der Waals surface area (Å²) in [4.78, 5) is 12.9. The summed E-state index contributed by atoms with van der Waals surface area (Å²) in [5, 5.41) is 9.94. The second kappa shape index (κ2) is 6.83. The lowest BCUT2D eigenvalue weighted by Crippen LogP contribution is -2.45. The number of likely N-dealkylation sites (N-methyl/N-ethyl adjacent to an activating group) is 1. The van der Waals surface area contributed by atoms with Crippen LogP contribution in [0.5, 0.6) is 5.75 Å². The van der Waals surface area contributed by atoms with Gasteiger partial charge in [-0.2, -0.15) is 0 Å². The van der Waals surface area contributed by atoms with Gasteiger partial charge in [-0.15, -0.1) is 0 Å². The molecule has 100 valence electrons. The molecular formula is C12H15Cl2NO3. The van der Waals surface area contributed by atoms with Gasteiger partial charge in [-0.3, -0.25) is 4.90 Å². The Kier molecular flexibility index (Phi) is 5.72. The Bertz CT molecular complexity index is 422. The van der Waals surface area contributed by atoms with E-state index in [1.807, 2.05) is 13.8 Å². The minimum atomic E-state index is -1.06. The van der Waals surface area contributed by atoms with E-state index >= 15 is 0 Å². The first-order valence-corrected chi connectivity index (χ1v) is 6.33. The number of hydrogen-bond acceptors (Lipinski definition) is 3. The first-order valence-electron chi connectivity index (χ1n) is 5.58. The van der Waals surface area contributed by atoms with E-state index in [9.17, 15) is 9.90 Å². The Labute approximate surface area is 116 Å². The monoisotopic (exact) mass is 291 g/mol. The summed E-state index contributed by atoms with van der Waals surface area (Å²) in [5.74, 6) is -0.745. The quantitative estimate of drug-likeness (QED) is 0.818. The summed E-state index contributed by atoms with van der Waals surface area (Å²) in [6, 6.07) is 4.67. The third kappa shape index (κ3) is 3.77. The van der Waals surface area contributed by atoms with Gasteiger partial charge < -0.3 is 9.84 Å². The molecule has 6 heteroatoms. The summed E-state index contributed by atoms with van der Waals surface area (Å²) in [7, 11) is 0. The highest BCUT2D eigenvalue weighted by Gasteiger charge is 2.26. The van der Waals surface area contributed by atoms with Crippen molar-refractivity contribution in [3.05, 3.63) is 28.2 Å². The van der Waals surface area contributed by atoms with Crippen LogP contribution in [0, 0.1) is 0 Å². The van der Waals surface area contributed by atoms with E-state index in [2.05, 4.69) is 0 Å². The van der Waals surface area contributed by atoms with Crippen LogP contribution in [0.1, 0.15) is 13.8 Å². The van der Waals surface area contributed by atoms with Crippen molar-refractivity contribution in [3.8, 4) is 5.75 Å². The maximum absolute atomic E-state index is 11.2. The van der Waals surface area contributed by atoms with E-state index in [1.54, 1.807) is 17.0 Å². The number of carbonyl (C=O) groups is 1. The first kappa shape index (κ1) is 15.1. The molecular weight excluding hydrogens is 277 g/mol. The maximum atomic E-state index is 11.2. The molecule has 0 radical (unpaired) electrons. The molecule has 18 heavy (non-hydrogen) atoms. The van der Waals surface area contributed by atoms with Crippen molar-refractivity contribution in [1.82, 2.24) is 4.90 Å². The number of halogens is 2. The number of carboxylic acid groups (broad SMARTS) is 1. The zero-order valence-corrected chi connectivity index (χ0v) is 11.7. The molecule has 1 atom stereocenters. The molecule has 1 rings (SSSR count). The second-order valence-corrected chi connectivity index (χ2v) is 4.45. The van der Waals surface area contributed by atoms with Crippen molar-refractivity contribution in [2.75, 3.05) is 13.1 Å². The van der Waals surface area contributed by atoms with E-state index in [0.717, 1.165) is 0 Å². The van der Waals surface area contributed by atoms with E-state index in [-0.39, 0.29) is 0 Å². The summed E-state index contributed by atoms with van der Waals surface area (Å²) >= 11 is 11.7. The van der Waals surface area contributed by atoms with Gasteiger partial charge in [0.1, 0.15) is 5.75 Å². The molecule has 0 aliphatic rings. The average Bonchev–Trinajstić information content (AvgIpc) is 2.31. The van der Waals surface area contributed by atoms with Crippen LogP contribution in [0.25, 0.3) is 0 Å². The maximum Gasteiger partial charge on any atom is 0.360 e. The standard InChI is InChI=1S/C12H15Cl2NO3/c1-3-15(4-2)11(12(16)17)18-10-6-5-8(13)7-9(10)14/h5-7,11H,3-4H2,1-2H3,(H,16,17). The van der Waals surface area contributed by atoms with E-state index in [4.69, 9.17) is 27.9 Å². The highest BCUT2D eigenvalue weighted by molar-refractivity contribution is 6.35. The largest absolute Gasteiger partial charge is 0.477 e. The zero-order chi connectivity index (χ0) is 13.7. The van der Waals surface area contributed by atoms with E-state index < -0.39 is 12.2 Å². The highest BCUT2D eigenvalue weighted by Crippen LogP contribution is 2.28. The van der Waals surface area contributed by atoms with Crippen LogP contribution in [0.4, 0.5) is 0 Å². The van der Waals surface area contributed by atoms with Crippen molar-refractivity contribution in [1.29, 1.82) is 0 Å². The molecule has 1 aromatic rings. The van der Waals surface area contributed by atoms with Crippen LogP contribution in [0.3, 0.4) is 0 Å². The lowest BCUT2D eigenvalue weighted by Gasteiger charge is -2.26. The summed E-state index contributed by atoms with van der Waals surface area (Å²) in [6.07, 6.45) is -1.06. The SMILES string of the molecule is CCN(CC)C(Oc1ccc(Cl)cc1Cl)C(=O)O. The Morgan fingerprint density at radius 3 is 2.44 bits per heavy atom. The second-order valence-electron chi connectivity index (χ2n) is 3.60. The molecule has 0 aliphatic heterocycles. The fourth-order valence-corrected chi connectivity index (χ4v) is 1.98. The van der Waals surface area contributed by atoms with Crippen LogP contribution in [-0.4, -0.2) is 35.3 Å². The molecule has 0 saturated carbocycles. The predicted octanol–water partition coefficient (Wildman–Crippen LogP) is 3.12. The number of rotatable bonds is 6. The molecule has 1 N–H and O–H groups in total. The lowest BCUT2D eigenvalue weighted by molar-refractivity contribution is -0.154. The third-order valence-electron chi connectivity index (χ3n) is 2.49. The van der Waals surface area contributed by atoms with Gasteiger partial charge >= 0.3 is 5.97 Å². The van der Waals surface area contributed by atoms with Crippen molar-refractivity contribution in [2.45, 2.75) is 20.1 Å². The van der Waals surface area contributed by atoms with E-state index in [0.29, 0.717) is 28.9 Å². The van der Waals surface area contributed by atoms with Gasteiger partial charge in [0.25, 0.3) is 6.23 Å². The molecule has 0 fully saturated rings. The normalized spacial score (nSPS) is 12.5. The van der Waals surface area contributed by atoms with Crippen LogP contribution >= 0.6 is 23.2 Å². The fourth-order valence-electron chi connectivity index (χ4n) is 1.53. The van der Waals surface area contributed by atoms with Crippen LogP contribution in [0.2, 0.25) is 10.0 Å².